The summed E-state index contributed by atoms with van der Waals surface area (Å²) < 4.78 is 18.6. The van der Waals surface area contributed by atoms with Crippen LogP contribution < -0.4 is 10.1 Å². The predicted octanol–water partition coefficient (Wildman–Crippen LogP) is 2.99. The van der Waals surface area contributed by atoms with Crippen molar-refractivity contribution in [2.45, 2.75) is 0 Å². The van der Waals surface area contributed by atoms with E-state index >= 15 is 0 Å². The summed E-state index contributed by atoms with van der Waals surface area (Å²) in [6.07, 6.45) is 0. The van der Waals surface area contributed by atoms with Crippen LogP contribution in [0.3, 0.4) is 0 Å². The van der Waals surface area contributed by atoms with Gasteiger partial charge in [-0.2, -0.15) is 0 Å². The molecule has 0 radical (unpaired) electrons. The summed E-state index contributed by atoms with van der Waals surface area (Å²) in [5.74, 6) is -1.27. The average molecular weight is 290 g/mol. The molecule has 0 aliphatic carbocycles. The fourth-order valence-electron chi connectivity index (χ4n) is 1.74. The van der Waals surface area contributed by atoms with Crippen molar-refractivity contribution >= 4 is 17.3 Å². The maximum absolute atomic E-state index is 13.8. The Morgan fingerprint density at radius 3 is 2.62 bits per heavy atom. The summed E-state index contributed by atoms with van der Waals surface area (Å²) in [6, 6.07) is 9.37. The number of amides is 1. The number of benzene rings is 2. The van der Waals surface area contributed by atoms with E-state index in [9.17, 15) is 19.3 Å². The van der Waals surface area contributed by atoms with E-state index < -0.39 is 16.6 Å². The Balaban J connectivity index is 2.28. The maximum Gasteiger partial charge on any atom is 0.292 e. The second kappa shape index (κ2) is 6.00. The predicted molar refractivity (Wildman–Crippen MR) is 74.0 cm³/mol. The van der Waals surface area contributed by atoms with Crippen molar-refractivity contribution in [3.05, 3.63) is 64.0 Å². The summed E-state index contributed by atoms with van der Waals surface area (Å²) in [7, 11) is 1.38. The number of halogens is 1. The molecule has 0 heterocycles. The summed E-state index contributed by atoms with van der Waals surface area (Å²) >= 11 is 0. The minimum absolute atomic E-state index is 0.00252. The lowest BCUT2D eigenvalue weighted by Gasteiger charge is -2.07. The van der Waals surface area contributed by atoms with Crippen LogP contribution in [0.2, 0.25) is 0 Å². The molecule has 1 N–H and O–H groups in total. The minimum atomic E-state index is -0.774. The first-order chi connectivity index (χ1) is 10.0. The number of para-hydroxylation sites is 2. The SMILES string of the molecule is COc1ccc(C(=O)Nc2ccccc2[N+](=O)[O-])c(F)c1. The molecule has 2 aromatic carbocycles. The summed E-state index contributed by atoms with van der Waals surface area (Å²) in [5, 5.41) is 13.2. The number of methoxy groups -OCH3 is 1. The monoisotopic (exact) mass is 290 g/mol. The van der Waals surface area contributed by atoms with Gasteiger partial charge in [0.25, 0.3) is 11.6 Å². The van der Waals surface area contributed by atoms with Crippen molar-refractivity contribution in [1.82, 2.24) is 0 Å². The van der Waals surface area contributed by atoms with E-state index in [1.54, 1.807) is 0 Å². The molecule has 0 saturated carbocycles. The topological polar surface area (TPSA) is 81.5 Å². The molecule has 0 saturated heterocycles. The van der Waals surface area contributed by atoms with Crippen LogP contribution in [0.15, 0.2) is 42.5 Å². The molecule has 0 bridgehead atoms. The molecule has 0 unspecified atom stereocenters. The Bertz CT molecular complexity index is 703. The number of nitrogens with zero attached hydrogens (tertiary/aromatic N) is 1. The Labute approximate surface area is 119 Å². The van der Waals surface area contributed by atoms with Gasteiger partial charge in [-0.3, -0.25) is 14.9 Å². The third-order valence-corrected chi connectivity index (χ3v) is 2.77. The van der Waals surface area contributed by atoms with Gasteiger partial charge in [0.15, 0.2) is 0 Å². The maximum atomic E-state index is 13.8. The number of anilines is 1. The zero-order chi connectivity index (χ0) is 15.4. The van der Waals surface area contributed by atoms with E-state index in [0.717, 1.165) is 6.07 Å². The first-order valence-corrected chi connectivity index (χ1v) is 5.91. The number of carbonyl (C=O) groups excluding carboxylic acids is 1. The van der Waals surface area contributed by atoms with Crippen LogP contribution in [0, 0.1) is 15.9 Å². The van der Waals surface area contributed by atoms with Crippen molar-refractivity contribution < 1.29 is 18.8 Å². The lowest BCUT2D eigenvalue weighted by atomic mass is 10.1. The lowest BCUT2D eigenvalue weighted by molar-refractivity contribution is -0.383. The van der Waals surface area contributed by atoms with Gasteiger partial charge in [-0.05, 0) is 18.2 Å². The fraction of sp³-hybridized carbons (Fsp3) is 0.0714. The molecule has 2 aromatic rings. The molecule has 0 spiro atoms. The van der Waals surface area contributed by atoms with E-state index in [1.807, 2.05) is 0 Å². The van der Waals surface area contributed by atoms with Gasteiger partial charge in [-0.15, -0.1) is 0 Å². The van der Waals surface area contributed by atoms with Crippen LogP contribution in [-0.2, 0) is 0 Å². The van der Waals surface area contributed by atoms with E-state index in [1.165, 1.54) is 43.5 Å². The van der Waals surface area contributed by atoms with Gasteiger partial charge in [-0.25, -0.2) is 4.39 Å². The minimum Gasteiger partial charge on any atom is -0.497 e. The number of carbonyl (C=O) groups is 1. The van der Waals surface area contributed by atoms with E-state index in [-0.39, 0.29) is 22.7 Å². The second-order valence-corrected chi connectivity index (χ2v) is 4.07. The summed E-state index contributed by atoms with van der Waals surface area (Å²) in [4.78, 5) is 22.2. The third kappa shape index (κ3) is 3.14. The molecule has 0 atom stereocenters. The Morgan fingerprint density at radius 2 is 2.00 bits per heavy atom. The highest BCUT2D eigenvalue weighted by Gasteiger charge is 2.18. The van der Waals surface area contributed by atoms with E-state index in [2.05, 4.69) is 5.32 Å². The quantitative estimate of drug-likeness (QED) is 0.693. The molecular formula is C14H11FN2O4. The zero-order valence-electron chi connectivity index (χ0n) is 11.0. The first kappa shape index (κ1) is 14.4. The zero-order valence-corrected chi connectivity index (χ0v) is 11.0. The van der Waals surface area contributed by atoms with Crippen molar-refractivity contribution in [3.8, 4) is 5.75 Å². The Morgan fingerprint density at radius 1 is 1.29 bits per heavy atom. The molecule has 0 aromatic heterocycles. The number of nitrogens with one attached hydrogen (secondary N) is 1. The highest BCUT2D eigenvalue weighted by Crippen LogP contribution is 2.24. The normalized spacial score (nSPS) is 10.0. The number of ether oxygens (including phenoxy) is 1. The number of nitro groups is 1. The molecular weight excluding hydrogens is 279 g/mol. The highest BCUT2D eigenvalue weighted by molar-refractivity contribution is 6.05. The van der Waals surface area contributed by atoms with Gasteiger partial charge in [0.2, 0.25) is 0 Å². The van der Waals surface area contributed by atoms with Crippen molar-refractivity contribution in [2.75, 3.05) is 12.4 Å². The molecule has 2 rings (SSSR count). The highest BCUT2D eigenvalue weighted by atomic mass is 19.1. The van der Waals surface area contributed by atoms with Gasteiger partial charge < -0.3 is 10.1 Å². The standard InChI is InChI=1S/C14H11FN2O4/c1-21-9-6-7-10(11(15)8-9)14(18)16-12-4-2-3-5-13(12)17(19)20/h2-8H,1H3,(H,16,18). The molecule has 7 heteroatoms. The summed E-state index contributed by atoms with van der Waals surface area (Å²) in [6.45, 7) is 0. The molecule has 0 fully saturated rings. The lowest BCUT2D eigenvalue weighted by Crippen LogP contribution is -2.14. The van der Waals surface area contributed by atoms with Crippen LogP contribution in [-0.4, -0.2) is 17.9 Å². The van der Waals surface area contributed by atoms with E-state index in [0.29, 0.717) is 0 Å². The van der Waals surface area contributed by atoms with Crippen LogP contribution in [0.25, 0.3) is 0 Å². The van der Waals surface area contributed by atoms with Gasteiger partial charge >= 0.3 is 0 Å². The van der Waals surface area contributed by atoms with E-state index in [4.69, 9.17) is 4.74 Å². The van der Waals surface area contributed by atoms with Gasteiger partial charge in [0.1, 0.15) is 17.3 Å². The summed E-state index contributed by atoms with van der Waals surface area (Å²) in [5.41, 5.74) is -0.489. The average Bonchev–Trinajstić information content (AvgIpc) is 2.47. The van der Waals surface area contributed by atoms with Gasteiger partial charge in [-0.1, -0.05) is 12.1 Å². The molecule has 6 nitrogen and oxygen atoms in total. The smallest absolute Gasteiger partial charge is 0.292 e. The van der Waals surface area contributed by atoms with Crippen LogP contribution >= 0.6 is 0 Å². The fourth-order valence-corrected chi connectivity index (χ4v) is 1.74. The first-order valence-electron chi connectivity index (χ1n) is 5.91. The van der Waals surface area contributed by atoms with Crippen molar-refractivity contribution in [3.63, 3.8) is 0 Å². The molecule has 108 valence electrons. The molecule has 1 amide bonds. The van der Waals surface area contributed by atoms with Gasteiger partial charge in [0, 0.05) is 12.1 Å². The number of nitro benzene ring substituents is 1. The Hall–Kier alpha value is -2.96. The number of hydrogen-bond donors (Lipinski definition) is 1. The number of rotatable bonds is 4. The third-order valence-electron chi connectivity index (χ3n) is 2.77. The number of hydrogen-bond acceptors (Lipinski definition) is 4. The van der Waals surface area contributed by atoms with Gasteiger partial charge in [0.05, 0.1) is 17.6 Å². The van der Waals surface area contributed by atoms with Crippen LogP contribution in [0.5, 0.6) is 5.75 Å². The molecule has 0 aliphatic rings. The largest absolute Gasteiger partial charge is 0.497 e. The molecule has 0 aliphatic heterocycles. The van der Waals surface area contributed by atoms with Crippen molar-refractivity contribution in [1.29, 1.82) is 0 Å². The molecule has 21 heavy (non-hydrogen) atoms. The van der Waals surface area contributed by atoms with Crippen LogP contribution in [0.4, 0.5) is 15.8 Å². The van der Waals surface area contributed by atoms with Crippen LogP contribution in [0.1, 0.15) is 10.4 Å². The second-order valence-electron chi connectivity index (χ2n) is 4.07. The van der Waals surface area contributed by atoms with Crippen molar-refractivity contribution in [2.24, 2.45) is 0 Å². The Kier molecular flexibility index (Phi) is 4.13.